The fraction of sp³-hybridized carbons (Fsp3) is 0.385. The molecule has 1 aliphatic carbocycles. The third-order valence-electron chi connectivity index (χ3n) is 3.25. The Morgan fingerprint density at radius 1 is 1.44 bits per heavy atom. The normalized spacial score (nSPS) is 27.6. The van der Waals surface area contributed by atoms with Gasteiger partial charge in [-0.3, -0.25) is 4.79 Å². The molecule has 0 aliphatic heterocycles. The van der Waals surface area contributed by atoms with Crippen molar-refractivity contribution in [3.63, 3.8) is 0 Å². The fourth-order valence-corrected chi connectivity index (χ4v) is 2.24. The number of carbonyl (C=O) groups excluding carboxylic acids is 1. The van der Waals surface area contributed by atoms with Crippen LogP contribution in [0.3, 0.4) is 0 Å². The summed E-state index contributed by atoms with van der Waals surface area (Å²) in [7, 11) is 1.33. The molecule has 0 spiro atoms. The van der Waals surface area contributed by atoms with Gasteiger partial charge in [0.15, 0.2) is 5.41 Å². The van der Waals surface area contributed by atoms with Crippen molar-refractivity contribution in [2.24, 2.45) is 5.41 Å². The van der Waals surface area contributed by atoms with Gasteiger partial charge in [0, 0.05) is 0 Å². The van der Waals surface area contributed by atoms with Gasteiger partial charge in [-0.05, 0) is 24.3 Å². The molecule has 3 heteroatoms. The van der Waals surface area contributed by atoms with Crippen molar-refractivity contribution in [3.05, 3.63) is 35.9 Å². The second-order valence-electron chi connectivity index (χ2n) is 4.20. The van der Waals surface area contributed by atoms with Gasteiger partial charge in [-0.15, -0.1) is 0 Å². The van der Waals surface area contributed by atoms with Crippen LogP contribution in [-0.2, 0) is 9.53 Å². The molecule has 1 saturated carbocycles. The average Bonchev–Trinajstić information content (AvgIpc) is 2.29. The highest BCUT2D eigenvalue weighted by Crippen LogP contribution is 2.51. The third-order valence-corrected chi connectivity index (χ3v) is 3.25. The Bertz CT molecular complexity index is 427. The molecule has 0 radical (unpaired) electrons. The lowest BCUT2D eigenvalue weighted by Crippen LogP contribution is -2.42. The number of carbonyl (C=O) groups is 1. The predicted octanol–water partition coefficient (Wildman–Crippen LogP) is 2.25. The summed E-state index contributed by atoms with van der Waals surface area (Å²) in [5.41, 5.74) is 0.284. The van der Waals surface area contributed by atoms with Gasteiger partial charge in [-0.1, -0.05) is 30.3 Å². The zero-order chi connectivity index (χ0) is 11.6. The summed E-state index contributed by atoms with van der Waals surface area (Å²) in [6, 6.07) is 12.1. The molecule has 1 fully saturated rings. The maximum Gasteiger partial charge on any atom is 0.326 e. The van der Waals surface area contributed by atoms with E-state index in [0.717, 1.165) is 0 Å². The van der Waals surface area contributed by atoms with E-state index in [1.165, 1.54) is 12.7 Å². The van der Waals surface area contributed by atoms with Crippen LogP contribution in [0.4, 0.5) is 0 Å². The standard InChI is InChI=1S/C13H13NO2/c1-16-12(15)13(9-14)7-11(8-13)10-5-3-2-4-6-10/h2-6,11H,7-8H2,1H3. The van der Waals surface area contributed by atoms with Gasteiger partial charge in [0.05, 0.1) is 13.2 Å². The van der Waals surface area contributed by atoms with Crippen LogP contribution in [0.2, 0.25) is 0 Å². The lowest BCUT2D eigenvalue weighted by molar-refractivity contribution is -0.154. The first-order valence-corrected chi connectivity index (χ1v) is 5.26. The van der Waals surface area contributed by atoms with E-state index in [0.29, 0.717) is 18.8 Å². The zero-order valence-electron chi connectivity index (χ0n) is 9.14. The molecule has 0 bridgehead atoms. The summed E-state index contributed by atoms with van der Waals surface area (Å²) < 4.78 is 4.67. The van der Waals surface area contributed by atoms with E-state index in [2.05, 4.69) is 10.8 Å². The maximum absolute atomic E-state index is 11.5. The summed E-state index contributed by atoms with van der Waals surface area (Å²) in [5, 5.41) is 9.05. The van der Waals surface area contributed by atoms with Crippen molar-refractivity contribution in [1.29, 1.82) is 5.26 Å². The van der Waals surface area contributed by atoms with Crippen molar-refractivity contribution in [1.82, 2.24) is 0 Å². The molecule has 0 atom stereocenters. The molecular formula is C13H13NO2. The van der Waals surface area contributed by atoms with Gasteiger partial charge in [-0.2, -0.15) is 5.26 Å². The number of rotatable bonds is 2. The number of esters is 1. The Balaban J connectivity index is 2.09. The first-order chi connectivity index (χ1) is 7.72. The number of methoxy groups -OCH3 is 1. The smallest absolute Gasteiger partial charge is 0.326 e. The van der Waals surface area contributed by atoms with Crippen LogP contribution in [0.25, 0.3) is 0 Å². The summed E-state index contributed by atoms with van der Waals surface area (Å²) in [5.74, 6) is -0.0952. The van der Waals surface area contributed by atoms with Crippen molar-refractivity contribution in [3.8, 4) is 6.07 Å². The molecule has 82 valence electrons. The molecule has 0 heterocycles. The predicted molar refractivity (Wildman–Crippen MR) is 58.5 cm³/mol. The molecule has 0 aromatic heterocycles. The Hall–Kier alpha value is -1.82. The average molecular weight is 215 g/mol. The second kappa shape index (κ2) is 3.97. The van der Waals surface area contributed by atoms with E-state index >= 15 is 0 Å². The molecule has 0 N–H and O–H groups in total. The largest absolute Gasteiger partial charge is 0.468 e. The molecule has 1 aromatic carbocycles. The van der Waals surface area contributed by atoms with Crippen molar-refractivity contribution < 1.29 is 9.53 Å². The Morgan fingerprint density at radius 2 is 2.06 bits per heavy atom. The van der Waals surface area contributed by atoms with Crippen LogP contribution in [0.5, 0.6) is 0 Å². The fourth-order valence-electron chi connectivity index (χ4n) is 2.24. The number of benzene rings is 1. The van der Waals surface area contributed by atoms with Crippen LogP contribution in [0, 0.1) is 16.7 Å². The molecule has 0 amide bonds. The van der Waals surface area contributed by atoms with Crippen LogP contribution in [0.15, 0.2) is 30.3 Å². The Morgan fingerprint density at radius 3 is 2.56 bits per heavy atom. The van der Waals surface area contributed by atoms with Crippen LogP contribution < -0.4 is 0 Å². The van der Waals surface area contributed by atoms with Gasteiger partial charge in [0.1, 0.15) is 0 Å². The monoisotopic (exact) mass is 215 g/mol. The van der Waals surface area contributed by atoms with Gasteiger partial charge in [0.25, 0.3) is 0 Å². The number of nitrogens with zero attached hydrogens (tertiary/aromatic N) is 1. The Kier molecular flexibility index (Phi) is 2.66. The lowest BCUT2D eigenvalue weighted by Gasteiger charge is -2.40. The van der Waals surface area contributed by atoms with E-state index in [1.54, 1.807) is 0 Å². The number of nitriles is 1. The molecular weight excluding hydrogens is 202 g/mol. The summed E-state index contributed by atoms with van der Waals surface area (Å²) in [6.45, 7) is 0. The van der Waals surface area contributed by atoms with Crippen molar-refractivity contribution in [2.75, 3.05) is 7.11 Å². The minimum Gasteiger partial charge on any atom is -0.468 e. The maximum atomic E-state index is 11.5. The van der Waals surface area contributed by atoms with Crippen molar-refractivity contribution >= 4 is 5.97 Å². The highest BCUT2D eigenvalue weighted by molar-refractivity contribution is 5.81. The molecule has 0 saturated heterocycles. The summed E-state index contributed by atoms with van der Waals surface area (Å²) in [4.78, 5) is 11.5. The van der Waals surface area contributed by atoms with Gasteiger partial charge in [0.2, 0.25) is 0 Å². The highest BCUT2D eigenvalue weighted by atomic mass is 16.5. The Labute approximate surface area is 94.6 Å². The molecule has 2 rings (SSSR count). The minimum absolute atomic E-state index is 0.306. The van der Waals surface area contributed by atoms with Crippen LogP contribution >= 0.6 is 0 Å². The van der Waals surface area contributed by atoms with Gasteiger partial charge in [-0.25, -0.2) is 0 Å². The van der Waals surface area contributed by atoms with E-state index in [9.17, 15) is 4.79 Å². The quantitative estimate of drug-likeness (QED) is 0.711. The third kappa shape index (κ3) is 1.57. The highest BCUT2D eigenvalue weighted by Gasteiger charge is 2.52. The minimum atomic E-state index is -0.907. The van der Waals surface area contributed by atoms with E-state index < -0.39 is 11.4 Å². The molecule has 0 unspecified atom stereocenters. The van der Waals surface area contributed by atoms with Crippen LogP contribution in [0.1, 0.15) is 24.3 Å². The van der Waals surface area contributed by atoms with E-state index in [1.807, 2.05) is 30.3 Å². The van der Waals surface area contributed by atoms with Gasteiger partial charge >= 0.3 is 5.97 Å². The molecule has 1 aromatic rings. The number of hydrogen-bond donors (Lipinski definition) is 0. The molecule has 1 aliphatic rings. The topological polar surface area (TPSA) is 50.1 Å². The first-order valence-electron chi connectivity index (χ1n) is 5.26. The first kappa shape index (κ1) is 10.7. The number of hydrogen-bond acceptors (Lipinski definition) is 3. The number of ether oxygens (including phenoxy) is 1. The second-order valence-corrected chi connectivity index (χ2v) is 4.20. The van der Waals surface area contributed by atoms with Gasteiger partial charge < -0.3 is 4.74 Å². The summed E-state index contributed by atoms with van der Waals surface area (Å²) in [6.07, 6.45) is 1.14. The van der Waals surface area contributed by atoms with E-state index in [4.69, 9.17) is 5.26 Å². The molecule has 16 heavy (non-hydrogen) atoms. The summed E-state index contributed by atoms with van der Waals surface area (Å²) >= 11 is 0. The van der Waals surface area contributed by atoms with Crippen molar-refractivity contribution in [2.45, 2.75) is 18.8 Å². The zero-order valence-corrected chi connectivity index (χ0v) is 9.14. The molecule has 3 nitrogen and oxygen atoms in total. The SMILES string of the molecule is COC(=O)C1(C#N)CC(c2ccccc2)C1. The van der Waals surface area contributed by atoms with Crippen LogP contribution in [-0.4, -0.2) is 13.1 Å². The lowest BCUT2D eigenvalue weighted by atomic mass is 9.61. The van der Waals surface area contributed by atoms with E-state index in [-0.39, 0.29) is 0 Å².